The molecule has 0 rings (SSSR count). The summed E-state index contributed by atoms with van der Waals surface area (Å²) in [5.74, 6) is 0.429. The number of hydrogen-bond donors (Lipinski definition) is 0. The quantitative estimate of drug-likeness (QED) is 0.536. The Bertz CT molecular complexity index is 165. The van der Waals surface area contributed by atoms with Crippen LogP contribution in [-0.2, 0) is 18.9 Å². The summed E-state index contributed by atoms with van der Waals surface area (Å²) >= 11 is 0. The highest BCUT2D eigenvalue weighted by atomic mass is 16.5. The summed E-state index contributed by atoms with van der Waals surface area (Å²) in [5.41, 5.74) is 0.292. The Morgan fingerprint density at radius 1 is 0.778 bits per heavy atom. The van der Waals surface area contributed by atoms with Crippen LogP contribution < -0.4 is 0 Å². The van der Waals surface area contributed by atoms with Crippen molar-refractivity contribution in [1.29, 1.82) is 0 Å². The van der Waals surface area contributed by atoms with Gasteiger partial charge in [-0.1, -0.05) is 20.8 Å². The van der Waals surface area contributed by atoms with E-state index in [1.54, 1.807) is 14.2 Å². The molecule has 0 spiro atoms. The van der Waals surface area contributed by atoms with Crippen LogP contribution in [0.1, 0.15) is 27.2 Å². The lowest BCUT2D eigenvalue weighted by Gasteiger charge is -2.25. The second-order valence-corrected chi connectivity index (χ2v) is 5.77. The number of hydrogen-bond acceptors (Lipinski definition) is 4. The molecule has 0 bridgehead atoms. The maximum atomic E-state index is 5.60. The molecule has 0 aromatic rings. The van der Waals surface area contributed by atoms with E-state index < -0.39 is 0 Å². The zero-order chi connectivity index (χ0) is 13.9. The first-order valence-corrected chi connectivity index (χ1v) is 6.63. The van der Waals surface area contributed by atoms with E-state index >= 15 is 0 Å². The zero-order valence-electron chi connectivity index (χ0n) is 12.7. The number of methoxy groups -OCH3 is 2. The second kappa shape index (κ2) is 10.7. The van der Waals surface area contributed by atoms with Gasteiger partial charge in [-0.15, -0.1) is 0 Å². The van der Waals surface area contributed by atoms with Crippen LogP contribution in [0.15, 0.2) is 0 Å². The number of ether oxygens (including phenoxy) is 4. The maximum absolute atomic E-state index is 5.60. The van der Waals surface area contributed by atoms with Crippen molar-refractivity contribution in [1.82, 2.24) is 0 Å². The van der Waals surface area contributed by atoms with E-state index in [2.05, 4.69) is 20.8 Å². The van der Waals surface area contributed by atoms with Crippen molar-refractivity contribution >= 4 is 0 Å². The molecular weight excluding hydrogens is 232 g/mol. The van der Waals surface area contributed by atoms with Crippen molar-refractivity contribution in [3.05, 3.63) is 0 Å². The highest BCUT2D eigenvalue weighted by molar-refractivity contribution is 4.69. The van der Waals surface area contributed by atoms with Crippen LogP contribution in [0.2, 0.25) is 0 Å². The predicted molar refractivity (Wildman–Crippen MR) is 73.0 cm³/mol. The van der Waals surface area contributed by atoms with Crippen LogP contribution in [0.3, 0.4) is 0 Å². The number of rotatable bonds is 11. The molecule has 0 atom stereocenters. The van der Waals surface area contributed by atoms with Crippen molar-refractivity contribution in [3.63, 3.8) is 0 Å². The van der Waals surface area contributed by atoms with Crippen molar-refractivity contribution < 1.29 is 18.9 Å². The Labute approximate surface area is 112 Å². The van der Waals surface area contributed by atoms with Gasteiger partial charge in [0.2, 0.25) is 0 Å². The molecule has 0 heterocycles. The largest absolute Gasteiger partial charge is 0.382 e. The molecule has 0 N–H and O–H groups in total. The van der Waals surface area contributed by atoms with Crippen LogP contribution in [0.5, 0.6) is 0 Å². The third-order valence-electron chi connectivity index (χ3n) is 2.47. The van der Waals surface area contributed by atoms with E-state index in [-0.39, 0.29) is 0 Å². The van der Waals surface area contributed by atoms with Gasteiger partial charge in [-0.3, -0.25) is 0 Å². The molecule has 0 aromatic carbocycles. The lowest BCUT2D eigenvalue weighted by molar-refractivity contribution is -0.00313. The summed E-state index contributed by atoms with van der Waals surface area (Å²) in [4.78, 5) is 0. The van der Waals surface area contributed by atoms with E-state index in [1.165, 1.54) is 0 Å². The Balaban J connectivity index is 3.85. The van der Waals surface area contributed by atoms with Crippen LogP contribution in [-0.4, -0.2) is 53.9 Å². The van der Waals surface area contributed by atoms with Gasteiger partial charge in [-0.05, 0) is 11.8 Å². The van der Waals surface area contributed by atoms with Gasteiger partial charge in [-0.2, -0.15) is 0 Å². The fourth-order valence-corrected chi connectivity index (χ4v) is 1.82. The third-order valence-corrected chi connectivity index (χ3v) is 2.47. The predicted octanol–water partition coefficient (Wildman–Crippen LogP) is 2.36. The first kappa shape index (κ1) is 17.8. The van der Waals surface area contributed by atoms with E-state index in [0.717, 1.165) is 19.6 Å². The summed E-state index contributed by atoms with van der Waals surface area (Å²) < 4.78 is 21.1. The van der Waals surface area contributed by atoms with Gasteiger partial charge in [0, 0.05) is 20.1 Å². The highest BCUT2D eigenvalue weighted by Crippen LogP contribution is 2.24. The Morgan fingerprint density at radius 2 is 1.22 bits per heavy atom. The molecule has 0 aromatic heterocycles. The maximum Gasteiger partial charge on any atom is 0.0700 e. The fourth-order valence-electron chi connectivity index (χ4n) is 1.82. The normalized spacial score (nSPS) is 12.3. The van der Waals surface area contributed by atoms with Gasteiger partial charge < -0.3 is 18.9 Å². The van der Waals surface area contributed by atoms with Crippen molar-refractivity contribution in [3.8, 4) is 0 Å². The standard InChI is InChI=1S/C14H30O4/c1-14(2,3)10-13(11-17-8-6-15-4)12-18-9-7-16-5/h13H,6-12H2,1-5H3. The van der Waals surface area contributed by atoms with Gasteiger partial charge in [-0.25, -0.2) is 0 Å². The molecule has 0 aliphatic carbocycles. The lowest BCUT2D eigenvalue weighted by atomic mass is 9.85. The van der Waals surface area contributed by atoms with E-state index in [9.17, 15) is 0 Å². The Kier molecular flexibility index (Phi) is 10.6. The van der Waals surface area contributed by atoms with Gasteiger partial charge in [0.05, 0.1) is 39.6 Å². The SMILES string of the molecule is COCCOCC(COCCOC)CC(C)(C)C. The molecule has 0 saturated carbocycles. The van der Waals surface area contributed by atoms with E-state index in [1.807, 2.05) is 0 Å². The molecule has 0 radical (unpaired) electrons. The van der Waals surface area contributed by atoms with Crippen LogP contribution in [0.4, 0.5) is 0 Å². The Hall–Kier alpha value is -0.160. The average Bonchev–Trinajstić information content (AvgIpc) is 2.28. The van der Waals surface area contributed by atoms with Crippen molar-refractivity contribution in [2.24, 2.45) is 11.3 Å². The summed E-state index contributed by atoms with van der Waals surface area (Å²) in [6, 6.07) is 0. The summed E-state index contributed by atoms with van der Waals surface area (Å²) in [7, 11) is 3.37. The minimum absolute atomic E-state index is 0.292. The third kappa shape index (κ3) is 12.3. The summed E-state index contributed by atoms with van der Waals surface area (Å²) in [6.45, 7) is 10.8. The molecule has 110 valence electrons. The molecule has 0 aliphatic heterocycles. The molecule has 0 unspecified atom stereocenters. The van der Waals surface area contributed by atoms with Gasteiger partial charge in [0.25, 0.3) is 0 Å². The average molecular weight is 262 g/mol. The lowest BCUT2D eigenvalue weighted by Crippen LogP contribution is -2.24. The fraction of sp³-hybridized carbons (Fsp3) is 1.00. The molecule has 0 saturated heterocycles. The summed E-state index contributed by atoms with van der Waals surface area (Å²) in [5, 5.41) is 0. The summed E-state index contributed by atoms with van der Waals surface area (Å²) in [6.07, 6.45) is 1.09. The van der Waals surface area contributed by atoms with E-state index in [4.69, 9.17) is 18.9 Å². The van der Waals surface area contributed by atoms with Crippen LogP contribution in [0, 0.1) is 11.3 Å². The van der Waals surface area contributed by atoms with Crippen molar-refractivity contribution in [2.45, 2.75) is 27.2 Å². The van der Waals surface area contributed by atoms with E-state index in [0.29, 0.717) is 37.8 Å². The van der Waals surface area contributed by atoms with Crippen molar-refractivity contribution in [2.75, 3.05) is 53.9 Å². The topological polar surface area (TPSA) is 36.9 Å². The molecule has 4 nitrogen and oxygen atoms in total. The second-order valence-electron chi connectivity index (χ2n) is 5.77. The minimum atomic E-state index is 0.292. The smallest absolute Gasteiger partial charge is 0.0700 e. The van der Waals surface area contributed by atoms with Gasteiger partial charge in [0.1, 0.15) is 0 Å². The van der Waals surface area contributed by atoms with Gasteiger partial charge >= 0.3 is 0 Å². The zero-order valence-corrected chi connectivity index (χ0v) is 12.7. The van der Waals surface area contributed by atoms with Gasteiger partial charge in [0.15, 0.2) is 0 Å². The molecule has 0 aliphatic rings. The van der Waals surface area contributed by atoms with Crippen LogP contribution >= 0.6 is 0 Å². The molecular formula is C14H30O4. The first-order chi connectivity index (χ1) is 8.49. The van der Waals surface area contributed by atoms with Crippen LogP contribution in [0.25, 0.3) is 0 Å². The molecule has 4 heteroatoms. The molecule has 18 heavy (non-hydrogen) atoms. The monoisotopic (exact) mass is 262 g/mol. The highest BCUT2D eigenvalue weighted by Gasteiger charge is 2.19. The minimum Gasteiger partial charge on any atom is -0.382 e. The molecule has 0 amide bonds. The Morgan fingerprint density at radius 3 is 1.56 bits per heavy atom. The first-order valence-electron chi connectivity index (χ1n) is 6.63. The molecule has 0 fully saturated rings.